The Kier molecular flexibility index (Phi) is 3.61. The van der Waals surface area contributed by atoms with E-state index in [1.54, 1.807) is 12.2 Å². The van der Waals surface area contributed by atoms with Crippen LogP contribution in [0.5, 0.6) is 0 Å². The van der Waals surface area contributed by atoms with Gasteiger partial charge in [-0.25, -0.2) is 4.79 Å². The van der Waals surface area contributed by atoms with Crippen molar-refractivity contribution in [2.75, 3.05) is 0 Å². The predicted molar refractivity (Wildman–Crippen MR) is 52.7 cm³/mol. The normalized spacial score (nSPS) is 10.3. The molecule has 0 aliphatic carbocycles. The van der Waals surface area contributed by atoms with Gasteiger partial charge in [0.05, 0.1) is 0 Å². The molecule has 1 aromatic carbocycles. The van der Waals surface area contributed by atoms with E-state index in [-0.39, 0.29) is 6.42 Å². The number of aliphatic carboxylic acids is 1. The van der Waals surface area contributed by atoms with Gasteiger partial charge in [0.25, 0.3) is 0 Å². The number of hydrogen-bond acceptors (Lipinski definition) is 2. The fourth-order valence-electron chi connectivity index (χ4n) is 0.954. The first kappa shape index (κ1) is 10.2. The number of carboxylic acid groups (broad SMARTS) is 1. The first-order chi connectivity index (χ1) is 6.70. The van der Waals surface area contributed by atoms with Crippen molar-refractivity contribution < 1.29 is 14.7 Å². The Balaban J connectivity index is 2.50. The van der Waals surface area contributed by atoms with Gasteiger partial charge in [0.15, 0.2) is 0 Å². The zero-order valence-corrected chi connectivity index (χ0v) is 7.51. The lowest BCUT2D eigenvalue weighted by Crippen LogP contribution is -2.10. The van der Waals surface area contributed by atoms with Gasteiger partial charge in [0, 0.05) is 6.42 Å². The standard InChI is InChI=1S/C11H10O3/c12-10(11(13)14)8-4-7-9-5-2-1-3-6-9/h1-7H,8H2,(H,13,14). The van der Waals surface area contributed by atoms with Gasteiger partial charge in [-0.1, -0.05) is 42.5 Å². The van der Waals surface area contributed by atoms with Gasteiger partial charge in [0.2, 0.25) is 5.78 Å². The van der Waals surface area contributed by atoms with E-state index in [4.69, 9.17) is 5.11 Å². The SMILES string of the molecule is O=C(O)C(=O)CC=Cc1ccccc1. The van der Waals surface area contributed by atoms with Gasteiger partial charge >= 0.3 is 5.97 Å². The second-order valence-electron chi connectivity index (χ2n) is 2.75. The second-order valence-corrected chi connectivity index (χ2v) is 2.75. The average Bonchev–Trinajstić information content (AvgIpc) is 2.19. The molecule has 3 heteroatoms. The Hall–Kier alpha value is -1.90. The molecule has 0 radical (unpaired) electrons. The molecule has 0 aromatic heterocycles. The van der Waals surface area contributed by atoms with Gasteiger partial charge in [-0.3, -0.25) is 4.79 Å². The van der Waals surface area contributed by atoms with Crippen molar-refractivity contribution in [3.05, 3.63) is 42.0 Å². The molecule has 1 rings (SSSR count). The van der Waals surface area contributed by atoms with E-state index in [1.807, 2.05) is 30.3 Å². The highest BCUT2D eigenvalue weighted by Gasteiger charge is 2.07. The summed E-state index contributed by atoms with van der Waals surface area (Å²) in [6, 6.07) is 9.39. The largest absolute Gasteiger partial charge is 0.475 e. The van der Waals surface area contributed by atoms with Crippen molar-refractivity contribution in [2.45, 2.75) is 6.42 Å². The molecule has 0 spiro atoms. The summed E-state index contributed by atoms with van der Waals surface area (Å²) in [6.07, 6.45) is 3.21. The van der Waals surface area contributed by atoms with Crippen LogP contribution in [0.1, 0.15) is 12.0 Å². The number of rotatable bonds is 4. The maximum atomic E-state index is 10.7. The Morgan fingerprint density at radius 1 is 1.21 bits per heavy atom. The molecule has 0 unspecified atom stereocenters. The molecular weight excluding hydrogens is 180 g/mol. The molecule has 72 valence electrons. The van der Waals surface area contributed by atoms with Gasteiger partial charge in [-0.15, -0.1) is 0 Å². The number of carboxylic acids is 1. The van der Waals surface area contributed by atoms with Crippen molar-refractivity contribution >= 4 is 17.8 Å². The van der Waals surface area contributed by atoms with Gasteiger partial charge in [-0.05, 0) is 5.56 Å². The van der Waals surface area contributed by atoms with Crippen LogP contribution in [0.4, 0.5) is 0 Å². The monoisotopic (exact) mass is 190 g/mol. The third kappa shape index (κ3) is 3.23. The highest BCUT2D eigenvalue weighted by Crippen LogP contribution is 2.01. The molecule has 0 amide bonds. The molecule has 1 aromatic rings. The molecule has 0 bridgehead atoms. The lowest BCUT2D eigenvalue weighted by molar-refractivity contribution is -0.148. The number of carbonyl (C=O) groups excluding carboxylic acids is 1. The smallest absolute Gasteiger partial charge is 0.372 e. The number of hydrogen-bond donors (Lipinski definition) is 1. The Labute approximate surface area is 81.7 Å². The third-order valence-electron chi connectivity index (χ3n) is 1.65. The Morgan fingerprint density at radius 2 is 1.86 bits per heavy atom. The van der Waals surface area contributed by atoms with Gasteiger partial charge in [0.1, 0.15) is 0 Å². The number of carbonyl (C=O) groups is 2. The molecule has 1 N–H and O–H groups in total. The van der Waals surface area contributed by atoms with E-state index in [0.29, 0.717) is 0 Å². The summed E-state index contributed by atoms with van der Waals surface area (Å²) < 4.78 is 0. The van der Waals surface area contributed by atoms with Crippen molar-refractivity contribution in [1.82, 2.24) is 0 Å². The molecule has 0 fully saturated rings. The van der Waals surface area contributed by atoms with Crippen molar-refractivity contribution in [1.29, 1.82) is 0 Å². The van der Waals surface area contributed by atoms with Crippen LogP contribution in [0.15, 0.2) is 36.4 Å². The molecule has 0 aliphatic rings. The summed E-state index contributed by atoms with van der Waals surface area (Å²) in [5.41, 5.74) is 0.950. The lowest BCUT2D eigenvalue weighted by Gasteiger charge is -1.90. The van der Waals surface area contributed by atoms with Gasteiger partial charge < -0.3 is 5.11 Å². The first-order valence-electron chi connectivity index (χ1n) is 4.18. The van der Waals surface area contributed by atoms with Crippen LogP contribution >= 0.6 is 0 Å². The lowest BCUT2D eigenvalue weighted by atomic mass is 10.2. The topological polar surface area (TPSA) is 54.4 Å². The molecule has 14 heavy (non-hydrogen) atoms. The highest BCUT2D eigenvalue weighted by atomic mass is 16.4. The summed E-state index contributed by atoms with van der Waals surface area (Å²) in [5, 5.41) is 8.30. The molecule has 0 atom stereocenters. The highest BCUT2D eigenvalue weighted by molar-refractivity contribution is 6.33. The van der Waals surface area contributed by atoms with Crippen LogP contribution in [0.2, 0.25) is 0 Å². The molecule has 0 saturated heterocycles. The first-order valence-corrected chi connectivity index (χ1v) is 4.18. The quantitative estimate of drug-likeness (QED) is 0.736. The van der Waals surface area contributed by atoms with Crippen LogP contribution in [-0.2, 0) is 9.59 Å². The van der Waals surface area contributed by atoms with Crippen LogP contribution in [0.3, 0.4) is 0 Å². The van der Waals surface area contributed by atoms with E-state index >= 15 is 0 Å². The zero-order chi connectivity index (χ0) is 10.4. The minimum absolute atomic E-state index is 0.0653. The van der Waals surface area contributed by atoms with Crippen LogP contribution in [0.25, 0.3) is 6.08 Å². The van der Waals surface area contributed by atoms with Crippen molar-refractivity contribution in [3.63, 3.8) is 0 Å². The van der Waals surface area contributed by atoms with Crippen molar-refractivity contribution in [2.24, 2.45) is 0 Å². The van der Waals surface area contributed by atoms with E-state index in [9.17, 15) is 9.59 Å². The van der Waals surface area contributed by atoms with E-state index in [2.05, 4.69) is 0 Å². The van der Waals surface area contributed by atoms with E-state index < -0.39 is 11.8 Å². The number of ketones is 1. The maximum Gasteiger partial charge on any atom is 0.372 e. The van der Waals surface area contributed by atoms with E-state index in [0.717, 1.165) is 5.56 Å². The Morgan fingerprint density at radius 3 is 2.43 bits per heavy atom. The molecule has 3 nitrogen and oxygen atoms in total. The zero-order valence-electron chi connectivity index (χ0n) is 7.51. The van der Waals surface area contributed by atoms with Crippen LogP contribution < -0.4 is 0 Å². The summed E-state index contributed by atoms with van der Waals surface area (Å²) in [5.74, 6) is -2.18. The summed E-state index contributed by atoms with van der Waals surface area (Å²) in [7, 11) is 0. The summed E-state index contributed by atoms with van der Waals surface area (Å²) in [6.45, 7) is 0. The second kappa shape index (κ2) is 4.97. The Bertz CT molecular complexity index is 352. The minimum atomic E-state index is -1.39. The molecule has 0 heterocycles. The van der Waals surface area contributed by atoms with Crippen molar-refractivity contribution in [3.8, 4) is 0 Å². The van der Waals surface area contributed by atoms with Gasteiger partial charge in [-0.2, -0.15) is 0 Å². The number of benzene rings is 1. The maximum absolute atomic E-state index is 10.7. The fourth-order valence-corrected chi connectivity index (χ4v) is 0.954. The van der Waals surface area contributed by atoms with Crippen LogP contribution in [0, 0.1) is 0 Å². The summed E-state index contributed by atoms with van der Waals surface area (Å²) in [4.78, 5) is 20.8. The summed E-state index contributed by atoms with van der Waals surface area (Å²) >= 11 is 0. The van der Waals surface area contributed by atoms with E-state index in [1.165, 1.54) is 0 Å². The third-order valence-corrected chi connectivity index (χ3v) is 1.65. The van der Waals surface area contributed by atoms with Crippen LogP contribution in [-0.4, -0.2) is 16.9 Å². The number of allylic oxidation sites excluding steroid dienone is 1. The molecular formula is C11H10O3. The average molecular weight is 190 g/mol. The molecule has 0 saturated carbocycles. The number of Topliss-reactive ketones (excluding diaryl/α,β-unsaturated/α-hetero) is 1. The fraction of sp³-hybridized carbons (Fsp3) is 0.0909. The predicted octanol–water partition coefficient (Wildman–Crippen LogP) is 1.74. The minimum Gasteiger partial charge on any atom is -0.475 e. The molecule has 0 aliphatic heterocycles.